The van der Waals surface area contributed by atoms with Crippen LogP contribution in [0.15, 0.2) is 42.6 Å². The fourth-order valence-electron chi connectivity index (χ4n) is 4.12. The van der Waals surface area contributed by atoms with Gasteiger partial charge in [0.05, 0.1) is 6.04 Å². The van der Waals surface area contributed by atoms with E-state index in [-0.39, 0.29) is 42.6 Å². The minimum Gasteiger partial charge on any atom is -0.439 e. The number of aromatic nitrogens is 1. The molecule has 8 heteroatoms. The number of hydrogen-bond acceptors (Lipinski definition) is 4. The number of pyridine rings is 1. The van der Waals surface area contributed by atoms with Crippen LogP contribution in [-0.4, -0.2) is 23.0 Å². The molecular weight excluding hydrogens is 416 g/mol. The molecule has 2 aromatic rings. The molecule has 1 amide bonds. The summed E-state index contributed by atoms with van der Waals surface area (Å²) in [4.78, 5) is 16.8. The van der Waals surface area contributed by atoms with Gasteiger partial charge in [0.1, 0.15) is 11.6 Å². The van der Waals surface area contributed by atoms with E-state index in [0.29, 0.717) is 30.1 Å². The van der Waals surface area contributed by atoms with Crippen LogP contribution in [0.2, 0.25) is 0 Å². The van der Waals surface area contributed by atoms with Crippen molar-refractivity contribution in [1.29, 1.82) is 0 Å². The van der Waals surface area contributed by atoms with Gasteiger partial charge in [0, 0.05) is 30.4 Å². The fraction of sp³-hybridized carbons (Fsp3) is 0.429. The molecule has 158 valence electrons. The molecule has 5 nitrogen and oxygen atoms in total. The second-order valence-corrected chi connectivity index (χ2v) is 7.35. The molecule has 3 unspecified atom stereocenters. The summed E-state index contributed by atoms with van der Waals surface area (Å²) in [5.74, 6) is 1.02. The number of hydrogen-bond donors (Lipinski definition) is 2. The van der Waals surface area contributed by atoms with Crippen molar-refractivity contribution in [2.45, 2.75) is 50.7 Å². The van der Waals surface area contributed by atoms with E-state index < -0.39 is 0 Å². The quantitative estimate of drug-likeness (QED) is 0.721. The van der Waals surface area contributed by atoms with Crippen LogP contribution >= 0.6 is 24.8 Å². The Morgan fingerprint density at radius 3 is 2.83 bits per heavy atom. The molecule has 29 heavy (non-hydrogen) atoms. The maximum absolute atomic E-state index is 13.4. The van der Waals surface area contributed by atoms with Crippen LogP contribution in [0, 0.1) is 11.7 Å². The molecule has 2 heterocycles. The molecule has 1 saturated carbocycles. The first kappa shape index (κ1) is 23.4. The molecule has 0 bridgehead atoms. The molecule has 0 radical (unpaired) electrons. The normalized spacial score (nSPS) is 22.6. The predicted octanol–water partition coefficient (Wildman–Crippen LogP) is 4.39. The first-order valence-electron chi connectivity index (χ1n) is 9.60. The lowest BCUT2D eigenvalue weighted by molar-refractivity contribution is -0.123. The third kappa shape index (κ3) is 5.81. The van der Waals surface area contributed by atoms with Gasteiger partial charge in [0.2, 0.25) is 11.8 Å². The number of ether oxygens (including phenoxy) is 1. The maximum Gasteiger partial charge on any atom is 0.237 e. The van der Waals surface area contributed by atoms with Crippen LogP contribution in [0.5, 0.6) is 11.6 Å². The standard InChI is InChI=1S/C21H24FN3O2.2ClH/c22-16-7-3-8-17(12-16)27-21-15(6-4-10-23-21)13-24-20(26)19-11-14-5-1-2-9-18(14)25-19;;/h3-4,6-8,10,12,14,18-19,25H,1-2,5,9,11,13H2,(H,24,26);2*1H. The Labute approximate surface area is 182 Å². The third-order valence-electron chi connectivity index (χ3n) is 5.49. The molecule has 1 aliphatic carbocycles. The number of carbonyl (C=O) groups excluding carboxylic acids is 1. The minimum atomic E-state index is -0.368. The average Bonchev–Trinajstić information content (AvgIpc) is 3.11. The Hall–Kier alpha value is -1.89. The van der Waals surface area contributed by atoms with Crippen molar-refractivity contribution >= 4 is 30.7 Å². The average molecular weight is 442 g/mol. The summed E-state index contributed by atoms with van der Waals surface area (Å²) in [6, 6.07) is 9.93. The Bertz CT molecular complexity index is 810. The fourth-order valence-corrected chi connectivity index (χ4v) is 4.12. The number of benzene rings is 1. The number of amides is 1. The molecular formula is C21H26Cl2FN3O2. The lowest BCUT2D eigenvalue weighted by Gasteiger charge is -2.24. The zero-order valence-corrected chi connectivity index (χ0v) is 17.6. The van der Waals surface area contributed by atoms with Crippen molar-refractivity contribution in [3.63, 3.8) is 0 Å². The second-order valence-electron chi connectivity index (χ2n) is 7.35. The number of halogens is 3. The number of carbonyl (C=O) groups is 1. The highest BCUT2D eigenvalue weighted by Crippen LogP contribution is 2.33. The van der Waals surface area contributed by atoms with Crippen molar-refractivity contribution in [1.82, 2.24) is 15.6 Å². The Morgan fingerprint density at radius 2 is 2.03 bits per heavy atom. The SMILES string of the molecule is Cl.Cl.O=C(NCc1cccnc1Oc1cccc(F)c1)C1CC2CCCCC2N1. The highest BCUT2D eigenvalue weighted by Gasteiger charge is 2.38. The Balaban J connectivity index is 0.00000150. The van der Waals surface area contributed by atoms with Gasteiger partial charge in [-0.3, -0.25) is 4.79 Å². The zero-order valence-electron chi connectivity index (χ0n) is 16.0. The van der Waals surface area contributed by atoms with Gasteiger partial charge in [0.15, 0.2) is 0 Å². The van der Waals surface area contributed by atoms with E-state index >= 15 is 0 Å². The smallest absolute Gasteiger partial charge is 0.237 e. The van der Waals surface area contributed by atoms with Crippen molar-refractivity contribution in [3.8, 4) is 11.6 Å². The Kier molecular flexibility index (Phi) is 8.68. The number of fused-ring (bicyclic) bond motifs is 1. The second kappa shape index (κ2) is 10.8. The van der Waals surface area contributed by atoms with Gasteiger partial charge in [-0.25, -0.2) is 9.37 Å². The van der Waals surface area contributed by atoms with Crippen LogP contribution < -0.4 is 15.4 Å². The summed E-state index contributed by atoms with van der Waals surface area (Å²) in [6.45, 7) is 0.324. The van der Waals surface area contributed by atoms with Gasteiger partial charge in [-0.2, -0.15) is 0 Å². The minimum absolute atomic E-state index is 0. The molecule has 1 aromatic carbocycles. The molecule has 2 fully saturated rings. The van der Waals surface area contributed by atoms with Crippen LogP contribution in [0.1, 0.15) is 37.7 Å². The van der Waals surface area contributed by atoms with Crippen LogP contribution in [0.3, 0.4) is 0 Å². The lowest BCUT2D eigenvalue weighted by Crippen LogP contribution is -2.42. The highest BCUT2D eigenvalue weighted by atomic mass is 35.5. The summed E-state index contributed by atoms with van der Waals surface area (Å²) >= 11 is 0. The highest BCUT2D eigenvalue weighted by molar-refractivity contribution is 5.85. The summed E-state index contributed by atoms with van der Waals surface area (Å²) in [7, 11) is 0. The maximum atomic E-state index is 13.4. The topological polar surface area (TPSA) is 63.2 Å². The van der Waals surface area contributed by atoms with Gasteiger partial charge in [-0.1, -0.05) is 25.0 Å². The van der Waals surface area contributed by atoms with Gasteiger partial charge < -0.3 is 15.4 Å². The molecule has 4 rings (SSSR count). The Morgan fingerprint density at radius 1 is 1.21 bits per heavy atom. The van der Waals surface area contributed by atoms with Crippen LogP contribution in [0.25, 0.3) is 0 Å². The van der Waals surface area contributed by atoms with Crippen molar-refractivity contribution in [2.24, 2.45) is 5.92 Å². The molecule has 1 aromatic heterocycles. The van der Waals surface area contributed by atoms with E-state index in [2.05, 4.69) is 15.6 Å². The van der Waals surface area contributed by atoms with Crippen molar-refractivity contribution in [3.05, 3.63) is 54.0 Å². The van der Waals surface area contributed by atoms with E-state index in [9.17, 15) is 9.18 Å². The van der Waals surface area contributed by atoms with Crippen molar-refractivity contribution < 1.29 is 13.9 Å². The van der Waals surface area contributed by atoms with Crippen molar-refractivity contribution in [2.75, 3.05) is 0 Å². The van der Waals surface area contributed by atoms with Gasteiger partial charge >= 0.3 is 0 Å². The van der Waals surface area contributed by atoms with Crippen LogP contribution in [0.4, 0.5) is 4.39 Å². The summed E-state index contributed by atoms with van der Waals surface area (Å²) in [5.41, 5.74) is 0.755. The lowest BCUT2D eigenvalue weighted by atomic mass is 9.85. The molecule has 2 aliphatic rings. The number of nitrogens with zero attached hydrogens (tertiary/aromatic N) is 1. The van der Waals surface area contributed by atoms with Gasteiger partial charge in [-0.05, 0) is 43.4 Å². The first-order valence-corrected chi connectivity index (χ1v) is 9.60. The third-order valence-corrected chi connectivity index (χ3v) is 5.49. The van der Waals surface area contributed by atoms with E-state index in [1.54, 1.807) is 24.4 Å². The molecule has 2 N–H and O–H groups in total. The monoisotopic (exact) mass is 441 g/mol. The molecule has 1 saturated heterocycles. The van der Waals surface area contributed by atoms with Gasteiger partial charge in [0.25, 0.3) is 0 Å². The van der Waals surface area contributed by atoms with Gasteiger partial charge in [-0.15, -0.1) is 24.8 Å². The molecule has 3 atom stereocenters. The molecule has 1 aliphatic heterocycles. The van der Waals surface area contributed by atoms with E-state index in [1.165, 1.54) is 37.8 Å². The number of nitrogens with one attached hydrogen (secondary N) is 2. The zero-order chi connectivity index (χ0) is 18.6. The van der Waals surface area contributed by atoms with E-state index in [0.717, 1.165) is 12.0 Å². The van der Waals surface area contributed by atoms with E-state index in [1.807, 2.05) is 6.07 Å². The summed E-state index contributed by atoms with van der Waals surface area (Å²) in [5, 5.41) is 6.48. The largest absolute Gasteiger partial charge is 0.439 e. The number of rotatable bonds is 5. The summed E-state index contributed by atoms with van der Waals surface area (Å²) in [6.07, 6.45) is 7.43. The van der Waals surface area contributed by atoms with E-state index in [4.69, 9.17) is 4.74 Å². The molecule has 0 spiro atoms. The summed E-state index contributed by atoms with van der Waals surface area (Å²) < 4.78 is 19.1. The first-order chi connectivity index (χ1) is 13.2. The predicted molar refractivity (Wildman–Crippen MR) is 114 cm³/mol. The van der Waals surface area contributed by atoms with Crippen LogP contribution in [-0.2, 0) is 11.3 Å².